The Balaban J connectivity index is 1.62. The SMILES string of the molecule is Cc1ccc(-n2ccnc2SCC(=O)N2CCC(C(=O)O)CC2)c(C)c1. The van der Waals surface area contributed by atoms with Crippen molar-refractivity contribution in [2.24, 2.45) is 5.92 Å². The number of aliphatic carboxylic acids is 1. The number of hydrogen-bond acceptors (Lipinski definition) is 4. The summed E-state index contributed by atoms with van der Waals surface area (Å²) >= 11 is 1.41. The van der Waals surface area contributed by atoms with E-state index in [9.17, 15) is 9.59 Å². The van der Waals surface area contributed by atoms with Crippen molar-refractivity contribution in [1.29, 1.82) is 0 Å². The molecule has 1 aliphatic rings. The minimum atomic E-state index is -0.762. The van der Waals surface area contributed by atoms with E-state index in [-0.39, 0.29) is 11.8 Å². The molecule has 0 aliphatic carbocycles. The van der Waals surface area contributed by atoms with Gasteiger partial charge in [-0.2, -0.15) is 0 Å². The smallest absolute Gasteiger partial charge is 0.306 e. The van der Waals surface area contributed by atoms with Crippen LogP contribution in [-0.4, -0.2) is 50.3 Å². The van der Waals surface area contributed by atoms with Crippen LogP contribution in [0.15, 0.2) is 35.7 Å². The van der Waals surface area contributed by atoms with Crippen LogP contribution in [0.4, 0.5) is 0 Å². The van der Waals surface area contributed by atoms with Gasteiger partial charge >= 0.3 is 5.97 Å². The monoisotopic (exact) mass is 373 g/mol. The highest BCUT2D eigenvalue weighted by atomic mass is 32.2. The van der Waals surface area contributed by atoms with Crippen LogP contribution >= 0.6 is 11.8 Å². The molecule has 2 aromatic rings. The Hall–Kier alpha value is -2.28. The second-order valence-electron chi connectivity index (χ2n) is 6.65. The number of carbonyl (C=O) groups is 2. The van der Waals surface area contributed by atoms with Gasteiger partial charge in [0.15, 0.2) is 5.16 Å². The van der Waals surface area contributed by atoms with E-state index in [0.29, 0.717) is 31.7 Å². The van der Waals surface area contributed by atoms with E-state index in [4.69, 9.17) is 5.11 Å². The zero-order valence-electron chi connectivity index (χ0n) is 15.0. The maximum absolute atomic E-state index is 12.4. The first-order valence-corrected chi connectivity index (χ1v) is 9.68. The lowest BCUT2D eigenvalue weighted by Crippen LogP contribution is -2.41. The van der Waals surface area contributed by atoms with Crippen LogP contribution in [0.1, 0.15) is 24.0 Å². The van der Waals surface area contributed by atoms with Gasteiger partial charge < -0.3 is 10.0 Å². The van der Waals surface area contributed by atoms with Gasteiger partial charge in [0, 0.05) is 25.5 Å². The predicted molar refractivity (Wildman–Crippen MR) is 101 cm³/mol. The molecule has 1 aromatic carbocycles. The number of carboxylic acid groups (broad SMARTS) is 1. The quantitative estimate of drug-likeness (QED) is 0.816. The van der Waals surface area contributed by atoms with Crippen molar-refractivity contribution in [2.45, 2.75) is 31.8 Å². The number of thioether (sulfide) groups is 1. The van der Waals surface area contributed by atoms with Crippen LogP contribution in [0.3, 0.4) is 0 Å². The lowest BCUT2D eigenvalue weighted by atomic mass is 9.97. The topological polar surface area (TPSA) is 75.4 Å². The van der Waals surface area contributed by atoms with Gasteiger partial charge in [0.2, 0.25) is 5.91 Å². The summed E-state index contributed by atoms with van der Waals surface area (Å²) in [5.74, 6) is -0.745. The first-order chi connectivity index (χ1) is 12.5. The standard InChI is InChI=1S/C19H23N3O3S/c1-13-3-4-16(14(2)11-13)22-10-7-20-19(22)26-12-17(23)21-8-5-15(6-9-21)18(24)25/h3-4,7,10-11,15H,5-6,8-9,12H2,1-2H3,(H,24,25). The summed E-state index contributed by atoms with van der Waals surface area (Å²) in [5.41, 5.74) is 3.43. The summed E-state index contributed by atoms with van der Waals surface area (Å²) in [6.07, 6.45) is 4.71. The van der Waals surface area contributed by atoms with E-state index >= 15 is 0 Å². The van der Waals surface area contributed by atoms with Gasteiger partial charge in [-0.15, -0.1) is 0 Å². The molecule has 26 heavy (non-hydrogen) atoms. The minimum Gasteiger partial charge on any atom is -0.481 e. The zero-order chi connectivity index (χ0) is 18.7. The third-order valence-electron chi connectivity index (χ3n) is 4.74. The highest BCUT2D eigenvalue weighted by molar-refractivity contribution is 7.99. The number of piperidine rings is 1. The van der Waals surface area contributed by atoms with Gasteiger partial charge in [0.25, 0.3) is 0 Å². The Kier molecular flexibility index (Phi) is 5.66. The molecule has 0 saturated carbocycles. The fraction of sp³-hybridized carbons (Fsp3) is 0.421. The second-order valence-corrected chi connectivity index (χ2v) is 7.59. The average Bonchev–Trinajstić information content (AvgIpc) is 3.08. The van der Waals surface area contributed by atoms with Crippen LogP contribution in [0.25, 0.3) is 5.69 Å². The van der Waals surface area contributed by atoms with Gasteiger partial charge in [0.1, 0.15) is 0 Å². The molecule has 6 nitrogen and oxygen atoms in total. The summed E-state index contributed by atoms with van der Waals surface area (Å²) < 4.78 is 2.00. The van der Waals surface area contributed by atoms with E-state index in [2.05, 4.69) is 37.0 Å². The van der Waals surface area contributed by atoms with Crippen molar-refractivity contribution in [3.8, 4) is 5.69 Å². The maximum atomic E-state index is 12.4. The van der Waals surface area contributed by atoms with Crippen LogP contribution in [0, 0.1) is 19.8 Å². The van der Waals surface area contributed by atoms with E-state index in [1.807, 2.05) is 10.8 Å². The molecule has 0 unspecified atom stereocenters. The predicted octanol–water partition coefficient (Wildman–Crippen LogP) is 2.90. The third-order valence-corrected chi connectivity index (χ3v) is 5.69. The van der Waals surface area contributed by atoms with Crippen molar-refractivity contribution in [3.05, 3.63) is 41.7 Å². The lowest BCUT2D eigenvalue weighted by molar-refractivity contribution is -0.145. The molecule has 1 aliphatic heterocycles. The number of carboxylic acids is 1. The van der Waals surface area contributed by atoms with Gasteiger partial charge in [-0.05, 0) is 38.3 Å². The van der Waals surface area contributed by atoms with Crippen molar-refractivity contribution < 1.29 is 14.7 Å². The molecule has 1 amide bonds. The summed E-state index contributed by atoms with van der Waals surface area (Å²) in [6, 6.07) is 6.25. The highest BCUT2D eigenvalue weighted by Crippen LogP contribution is 2.24. The van der Waals surface area contributed by atoms with E-state index < -0.39 is 5.97 Å². The molecule has 1 aromatic heterocycles. The number of hydrogen-bond donors (Lipinski definition) is 1. The maximum Gasteiger partial charge on any atom is 0.306 e. The summed E-state index contributed by atoms with van der Waals surface area (Å²) in [7, 11) is 0. The van der Waals surface area contributed by atoms with E-state index in [1.165, 1.54) is 17.3 Å². The van der Waals surface area contributed by atoms with Gasteiger partial charge in [-0.3, -0.25) is 14.2 Å². The van der Waals surface area contributed by atoms with E-state index in [1.54, 1.807) is 11.1 Å². The number of imidazole rings is 1. The Bertz CT molecular complexity index is 810. The molecule has 0 atom stereocenters. The number of aryl methyl sites for hydroxylation is 2. The Labute approximate surface area is 157 Å². The number of likely N-dealkylation sites (tertiary alicyclic amines) is 1. The Morgan fingerprint density at radius 2 is 2.00 bits per heavy atom. The average molecular weight is 373 g/mol. The number of amides is 1. The molecule has 138 valence electrons. The van der Waals surface area contributed by atoms with E-state index in [0.717, 1.165) is 16.4 Å². The second kappa shape index (κ2) is 7.95. The number of carbonyl (C=O) groups excluding carboxylic acids is 1. The number of nitrogens with zero attached hydrogens (tertiary/aromatic N) is 3. The summed E-state index contributed by atoms with van der Waals surface area (Å²) in [5, 5.41) is 9.83. The molecule has 0 bridgehead atoms. The third kappa shape index (κ3) is 4.09. The first kappa shape index (κ1) is 18.5. The number of benzene rings is 1. The molecule has 3 rings (SSSR count). The zero-order valence-corrected chi connectivity index (χ0v) is 15.8. The van der Waals surface area contributed by atoms with Crippen LogP contribution < -0.4 is 0 Å². The van der Waals surface area contributed by atoms with Crippen molar-refractivity contribution in [3.63, 3.8) is 0 Å². The van der Waals surface area contributed by atoms with Crippen LogP contribution in [0.5, 0.6) is 0 Å². The minimum absolute atomic E-state index is 0.0361. The molecule has 7 heteroatoms. The van der Waals surface area contributed by atoms with Gasteiger partial charge in [0.05, 0.1) is 17.4 Å². The Morgan fingerprint density at radius 3 is 2.65 bits per heavy atom. The van der Waals surface area contributed by atoms with Crippen molar-refractivity contribution in [2.75, 3.05) is 18.8 Å². The largest absolute Gasteiger partial charge is 0.481 e. The Morgan fingerprint density at radius 1 is 1.27 bits per heavy atom. The highest BCUT2D eigenvalue weighted by Gasteiger charge is 2.27. The summed E-state index contributed by atoms with van der Waals surface area (Å²) in [6.45, 7) is 5.16. The van der Waals surface area contributed by atoms with Crippen molar-refractivity contribution in [1.82, 2.24) is 14.5 Å². The fourth-order valence-corrected chi connectivity index (χ4v) is 4.12. The number of rotatable bonds is 5. The lowest BCUT2D eigenvalue weighted by Gasteiger charge is -2.30. The van der Waals surface area contributed by atoms with Crippen LogP contribution in [-0.2, 0) is 9.59 Å². The molecule has 0 spiro atoms. The molecule has 1 fully saturated rings. The van der Waals surface area contributed by atoms with Crippen LogP contribution in [0.2, 0.25) is 0 Å². The molecular weight excluding hydrogens is 350 g/mol. The molecule has 1 saturated heterocycles. The number of aromatic nitrogens is 2. The summed E-state index contributed by atoms with van der Waals surface area (Å²) in [4.78, 5) is 29.6. The molecule has 0 radical (unpaired) electrons. The van der Waals surface area contributed by atoms with Gasteiger partial charge in [-0.25, -0.2) is 4.98 Å². The molecular formula is C19H23N3O3S. The fourth-order valence-electron chi connectivity index (χ4n) is 3.25. The van der Waals surface area contributed by atoms with Gasteiger partial charge in [-0.1, -0.05) is 29.5 Å². The first-order valence-electron chi connectivity index (χ1n) is 8.70. The van der Waals surface area contributed by atoms with Crippen molar-refractivity contribution >= 4 is 23.6 Å². The normalized spacial score (nSPS) is 15.2. The molecule has 2 heterocycles. The molecule has 1 N–H and O–H groups in total.